The van der Waals surface area contributed by atoms with Crippen LogP contribution in [0.4, 0.5) is 14.9 Å². The highest BCUT2D eigenvalue weighted by Crippen LogP contribution is 2.34. The van der Waals surface area contributed by atoms with Crippen LogP contribution < -0.4 is 21.9 Å². The Labute approximate surface area is 185 Å². The lowest BCUT2D eigenvalue weighted by Gasteiger charge is -2.12. The number of nitrogens with two attached hydrogens (primary N) is 1. The number of benzene rings is 1. The number of anilines is 1. The van der Waals surface area contributed by atoms with Crippen LogP contribution in [0.1, 0.15) is 12.1 Å². The summed E-state index contributed by atoms with van der Waals surface area (Å²) in [6.07, 6.45) is 0.590. The van der Waals surface area contributed by atoms with Crippen LogP contribution in [0, 0.1) is 5.82 Å². The van der Waals surface area contributed by atoms with E-state index >= 15 is 0 Å². The molecule has 1 aromatic carbocycles. The number of amides is 3. The molecule has 0 spiro atoms. The number of aromatic nitrogens is 1. The van der Waals surface area contributed by atoms with Crippen molar-refractivity contribution >= 4 is 46.7 Å². The predicted octanol–water partition coefficient (Wildman–Crippen LogP) is 2.36. The average Bonchev–Trinajstić information content (AvgIpc) is 3.23. The van der Waals surface area contributed by atoms with Crippen molar-refractivity contribution in [1.29, 1.82) is 0 Å². The number of nitrogens with one attached hydrogen (secondary N) is 3. The van der Waals surface area contributed by atoms with E-state index in [9.17, 15) is 14.0 Å². The van der Waals surface area contributed by atoms with Gasteiger partial charge >= 0.3 is 6.03 Å². The number of ether oxygens (including phenoxy) is 1. The molecule has 1 unspecified atom stereocenters. The summed E-state index contributed by atoms with van der Waals surface area (Å²) < 4.78 is 19.3. The number of oxime groups is 1. The smallest absolute Gasteiger partial charge is 0.333 e. The number of hydrazine groups is 1. The second kappa shape index (κ2) is 9.67. The Morgan fingerprint density at radius 2 is 2.10 bits per heavy atom. The van der Waals surface area contributed by atoms with E-state index in [1.165, 1.54) is 25.4 Å². The van der Waals surface area contributed by atoms with Crippen LogP contribution in [0.5, 0.6) is 0 Å². The molecule has 13 heteroatoms. The molecule has 0 saturated carbocycles. The quantitative estimate of drug-likeness (QED) is 0.399. The number of halogens is 3. The summed E-state index contributed by atoms with van der Waals surface area (Å²) in [4.78, 5) is 32.6. The van der Waals surface area contributed by atoms with Gasteiger partial charge in [-0.3, -0.25) is 15.2 Å². The highest BCUT2D eigenvalue weighted by atomic mass is 35.5. The van der Waals surface area contributed by atoms with E-state index in [0.717, 1.165) is 0 Å². The number of rotatable bonds is 4. The molecule has 1 aromatic heterocycles. The SMILES string of the molecule is COC1=NOC(C(=O)NNC(=O)NCc2ncc(-c3cc(Cl)cc(Cl)c3N)cc2F)C1. The molecule has 0 radical (unpaired) electrons. The Morgan fingerprint density at radius 1 is 1.32 bits per heavy atom. The minimum absolute atomic E-state index is 0.0332. The van der Waals surface area contributed by atoms with Crippen LogP contribution >= 0.6 is 23.2 Å². The Hall–Kier alpha value is -3.31. The van der Waals surface area contributed by atoms with Crippen LogP contribution in [0.2, 0.25) is 10.0 Å². The van der Waals surface area contributed by atoms with Crippen molar-refractivity contribution in [3.63, 3.8) is 0 Å². The number of hydrogen-bond donors (Lipinski definition) is 4. The first kappa shape index (κ1) is 22.4. The van der Waals surface area contributed by atoms with Crippen molar-refractivity contribution in [2.24, 2.45) is 5.16 Å². The summed E-state index contributed by atoms with van der Waals surface area (Å²) >= 11 is 12.0. The van der Waals surface area contributed by atoms with Crippen LogP contribution in [-0.4, -0.2) is 36.0 Å². The van der Waals surface area contributed by atoms with Crippen LogP contribution in [0.15, 0.2) is 29.6 Å². The number of carbonyl (C=O) groups excluding carboxylic acids is 2. The molecule has 2 heterocycles. The molecule has 0 saturated heterocycles. The highest BCUT2D eigenvalue weighted by molar-refractivity contribution is 6.37. The second-order valence-electron chi connectivity index (χ2n) is 6.29. The average molecular weight is 471 g/mol. The van der Waals surface area contributed by atoms with E-state index in [2.05, 4.69) is 26.3 Å². The maximum absolute atomic E-state index is 14.5. The van der Waals surface area contributed by atoms with Gasteiger partial charge in [-0.1, -0.05) is 28.4 Å². The summed E-state index contributed by atoms with van der Waals surface area (Å²) in [6.45, 7) is -0.240. The van der Waals surface area contributed by atoms with Crippen molar-refractivity contribution in [3.05, 3.63) is 46.0 Å². The van der Waals surface area contributed by atoms with Crippen molar-refractivity contribution in [1.82, 2.24) is 21.2 Å². The van der Waals surface area contributed by atoms with E-state index in [1.54, 1.807) is 6.07 Å². The van der Waals surface area contributed by atoms with E-state index in [1.807, 2.05) is 0 Å². The van der Waals surface area contributed by atoms with Crippen molar-refractivity contribution in [2.75, 3.05) is 12.8 Å². The molecule has 1 atom stereocenters. The predicted molar refractivity (Wildman–Crippen MR) is 112 cm³/mol. The normalized spacial score (nSPS) is 15.0. The number of pyridine rings is 1. The molecule has 164 valence electrons. The molecule has 31 heavy (non-hydrogen) atoms. The lowest BCUT2D eigenvalue weighted by molar-refractivity contribution is -0.131. The molecular weight excluding hydrogens is 454 g/mol. The molecule has 0 aliphatic carbocycles. The molecule has 1 aliphatic rings. The van der Waals surface area contributed by atoms with Crippen molar-refractivity contribution in [3.8, 4) is 11.1 Å². The summed E-state index contributed by atoms with van der Waals surface area (Å²) in [5.74, 6) is -1.05. The number of hydrogen-bond acceptors (Lipinski definition) is 7. The first-order valence-corrected chi connectivity index (χ1v) is 9.53. The van der Waals surface area contributed by atoms with Crippen molar-refractivity contribution in [2.45, 2.75) is 19.1 Å². The second-order valence-corrected chi connectivity index (χ2v) is 7.13. The summed E-state index contributed by atoms with van der Waals surface area (Å²) in [5, 5.41) is 6.49. The minimum atomic E-state index is -0.922. The minimum Gasteiger partial charge on any atom is -0.482 e. The van der Waals surface area contributed by atoms with Gasteiger partial charge in [0.1, 0.15) is 5.82 Å². The molecule has 10 nitrogen and oxygen atoms in total. The van der Waals surface area contributed by atoms with E-state index < -0.39 is 23.9 Å². The molecule has 2 aromatic rings. The van der Waals surface area contributed by atoms with E-state index in [0.29, 0.717) is 16.1 Å². The molecule has 1 aliphatic heterocycles. The van der Waals surface area contributed by atoms with E-state index in [4.69, 9.17) is 38.5 Å². The van der Waals surface area contributed by atoms with Crippen LogP contribution in [0.3, 0.4) is 0 Å². The number of nitrogens with zero attached hydrogens (tertiary/aromatic N) is 2. The fourth-order valence-electron chi connectivity index (χ4n) is 2.59. The molecule has 0 fully saturated rings. The fourth-order valence-corrected chi connectivity index (χ4v) is 3.08. The van der Waals surface area contributed by atoms with Crippen LogP contribution in [-0.2, 0) is 20.9 Å². The summed E-state index contributed by atoms with van der Waals surface area (Å²) in [7, 11) is 1.40. The summed E-state index contributed by atoms with van der Waals surface area (Å²) in [6, 6.07) is 3.44. The monoisotopic (exact) mass is 470 g/mol. The van der Waals surface area contributed by atoms with E-state index in [-0.39, 0.29) is 35.3 Å². The number of urea groups is 1. The Morgan fingerprint density at radius 3 is 2.77 bits per heavy atom. The van der Waals surface area contributed by atoms with Gasteiger partial charge in [0.15, 0.2) is 0 Å². The maximum Gasteiger partial charge on any atom is 0.333 e. The molecule has 3 rings (SSSR count). The first-order chi connectivity index (χ1) is 14.8. The molecule has 5 N–H and O–H groups in total. The van der Waals surface area contributed by atoms with Gasteiger partial charge in [0.05, 0.1) is 36.5 Å². The van der Waals surface area contributed by atoms with Gasteiger partial charge in [0.2, 0.25) is 12.0 Å². The lowest BCUT2D eigenvalue weighted by Crippen LogP contribution is -2.50. The Balaban J connectivity index is 1.54. The third-order valence-electron chi connectivity index (χ3n) is 4.21. The molecular formula is C18H17Cl2FN6O4. The first-order valence-electron chi connectivity index (χ1n) is 8.78. The largest absolute Gasteiger partial charge is 0.482 e. The van der Waals surface area contributed by atoms with Gasteiger partial charge in [-0.2, -0.15) is 0 Å². The third kappa shape index (κ3) is 5.44. The zero-order valence-corrected chi connectivity index (χ0v) is 17.6. The van der Waals surface area contributed by atoms with Gasteiger partial charge in [-0.15, -0.1) is 0 Å². The van der Waals surface area contributed by atoms with Crippen molar-refractivity contribution < 1.29 is 23.6 Å². The van der Waals surface area contributed by atoms with Gasteiger partial charge in [0.25, 0.3) is 5.91 Å². The standard InChI is InChI=1S/C18H17Cl2FN6O4/c1-30-15-5-14(31-27-15)17(28)25-26-18(29)24-7-13-12(21)2-8(6-23-13)10-3-9(19)4-11(20)16(10)22/h2-4,6,14H,5,7,22H2,1H3,(H,25,28)(H2,24,26,29). The summed E-state index contributed by atoms with van der Waals surface area (Å²) in [5.41, 5.74) is 11.2. The zero-order valence-electron chi connectivity index (χ0n) is 16.0. The van der Waals surface area contributed by atoms with Gasteiger partial charge < -0.3 is 20.6 Å². The number of carbonyl (C=O) groups is 2. The Bertz CT molecular complexity index is 1050. The van der Waals surface area contributed by atoms with Gasteiger partial charge in [-0.05, 0) is 18.2 Å². The Kier molecular flexibility index (Phi) is 6.98. The fraction of sp³-hybridized carbons (Fsp3) is 0.222. The topological polar surface area (TPSA) is 140 Å². The zero-order chi connectivity index (χ0) is 22.5. The maximum atomic E-state index is 14.5. The number of methoxy groups -OCH3 is 1. The van der Waals surface area contributed by atoms with Crippen LogP contribution in [0.25, 0.3) is 11.1 Å². The van der Waals surface area contributed by atoms with Gasteiger partial charge in [-0.25, -0.2) is 14.6 Å². The molecule has 0 bridgehead atoms. The lowest BCUT2D eigenvalue weighted by atomic mass is 10.1. The molecule has 3 amide bonds. The highest BCUT2D eigenvalue weighted by Gasteiger charge is 2.29. The van der Waals surface area contributed by atoms with Gasteiger partial charge in [0, 0.05) is 22.3 Å². The third-order valence-corrected chi connectivity index (χ3v) is 4.74. The number of nitrogen functional groups attached to an aromatic ring is 1.